The SMILES string of the molecule is C=CCOc1cc(Cl)c(OCCCCCCCON=C(C)C)c(C(F)(F)F)c1. The lowest BCUT2D eigenvalue weighted by Crippen LogP contribution is -2.11. The summed E-state index contributed by atoms with van der Waals surface area (Å²) in [5, 5.41) is 3.72. The molecule has 0 aliphatic carbocycles. The second-order valence-corrected chi connectivity index (χ2v) is 6.77. The summed E-state index contributed by atoms with van der Waals surface area (Å²) >= 11 is 6.00. The lowest BCUT2D eigenvalue weighted by atomic mass is 10.1. The van der Waals surface area contributed by atoms with E-state index in [9.17, 15) is 13.2 Å². The van der Waals surface area contributed by atoms with Crippen LogP contribution in [0.3, 0.4) is 0 Å². The van der Waals surface area contributed by atoms with Crippen LogP contribution in [-0.2, 0) is 11.0 Å². The molecule has 0 aromatic heterocycles. The summed E-state index contributed by atoms with van der Waals surface area (Å²) in [5.74, 6) is -0.337. The smallest absolute Gasteiger partial charge is 0.420 e. The van der Waals surface area contributed by atoms with Crippen LogP contribution in [0.2, 0.25) is 5.02 Å². The van der Waals surface area contributed by atoms with Gasteiger partial charge < -0.3 is 14.3 Å². The van der Waals surface area contributed by atoms with Crippen molar-refractivity contribution in [3.8, 4) is 11.5 Å². The highest BCUT2D eigenvalue weighted by atomic mass is 35.5. The molecule has 158 valence electrons. The van der Waals surface area contributed by atoms with Crippen molar-refractivity contribution in [3.05, 3.63) is 35.4 Å². The Balaban J connectivity index is 2.46. The fraction of sp³-hybridized carbons (Fsp3) is 0.550. The zero-order valence-corrected chi connectivity index (χ0v) is 17.0. The number of oxime groups is 1. The zero-order chi connectivity index (χ0) is 21.0. The summed E-state index contributed by atoms with van der Waals surface area (Å²) in [6.45, 7) is 7.99. The molecule has 0 spiro atoms. The van der Waals surface area contributed by atoms with Crippen LogP contribution in [0.1, 0.15) is 51.5 Å². The molecule has 1 aromatic rings. The lowest BCUT2D eigenvalue weighted by Gasteiger charge is -2.17. The van der Waals surface area contributed by atoms with E-state index in [1.165, 1.54) is 12.1 Å². The number of benzene rings is 1. The summed E-state index contributed by atoms with van der Waals surface area (Å²) in [7, 11) is 0. The molecule has 0 unspecified atom stereocenters. The van der Waals surface area contributed by atoms with Crippen LogP contribution in [0.5, 0.6) is 11.5 Å². The Hall–Kier alpha value is -1.89. The summed E-state index contributed by atoms with van der Waals surface area (Å²) in [4.78, 5) is 5.10. The van der Waals surface area contributed by atoms with Crippen LogP contribution >= 0.6 is 11.6 Å². The molecule has 1 aromatic carbocycles. The number of rotatable bonds is 13. The van der Waals surface area contributed by atoms with E-state index in [0.717, 1.165) is 37.5 Å². The standard InChI is InChI=1S/C20H27ClF3NO3/c1-4-10-26-16-13-17(20(22,23)24)19(18(21)14-16)27-11-8-6-5-7-9-12-28-25-15(2)3/h4,13-14H,1,5-12H2,2-3H3. The third kappa shape index (κ3) is 9.35. The van der Waals surface area contributed by atoms with Crippen molar-refractivity contribution < 1.29 is 27.5 Å². The van der Waals surface area contributed by atoms with Gasteiger partial charge in [0.05, 0.1) is 17.3 Å². The van der Waals surface area contributed by atoms with Gasteiger partial charge in [-0.25, -0.2) is 0 Å². The fourth-order valence-electron chi connectivity index (χ4n) is 2.31. The van der Waals surface area contributed by atoms with Crippen LogP contribution in [0.15, 0.2) is 29.9 Å². The number of unbranched alkanes of at least 4 members (excludes halogenated alkanes) is 4. The van der Waals surface area contributed by atoms with Gasteiger partial charge in [0.1, 0.15) is 30.3 Å². The molecule has 4 nitrogen and oxygen atoms in total. The van der Waals surface area contributed by atoms with Gasteiger partial charge in [-0.2, -0.15) is 13.2 Å². The molecule has 0 saturated heterocycles. The lowest BCUT2D eigenvalue weighted by molar-refractivity contribution is -0.139. The number of hydrogen-bond acceptors (Lipinski definition) is 4. The molecule has 0 heterocycles. The number of ether oxygens (including phenoxy) is 2. The highest BCUT2D eigenvalue weighted by Crippen LogP contribution is 2.43. The summed E-state index contributed by atoms with van der Waals surface area (Å²) < 4.78 is 50.5. The molecule has 0 N–H and O–H groups in total. The van der Waals surface area contributed by atoms with Crippen LogP contribution in [0, 0.1) is 0 Å². The van der Waals surface area contributed by atoms with Gasteiger partial charge in [0.15, 0.2) is 0 Å². The molecule has 28 heavy (non-hydrogen) atoms. The molecular formula is C20H27ClF3NO3. The topological polar surface area (TPSA) is 40.0 Å². The van der Waals surface area contributed by atoms with E-state index in [4.69, 9.17) is 25.9 Å². The van der Waals surface area contributed by atoms with Gasteiger partial charge in [0, 0.05) is 6.07 Å². The Morgan fingerprint density at radius 2 is 1.71 bits per heavy atom. The Morgan fingerprint density at radius 1 is 1.07 bits per heavy atom. The van der Waals surface area contributed by atoms with Gasteiger partial charge in [-0.15, -0.1) is 0 Å². The zero-order valence-electron chi connectivity index (χ0n) is 16.3. The third-order valence-corrected chi connectivity index (χ3v) is 3.84. The Bertz CT molecular complexity index is 644. The van der Waals surface area contributed by atoms with Crippen molar-refractivity contribution in [2.75, 3.05) is 19.8 Å². The molecule has 0 atom stereocenters. The molecular weight excluding hydrogens is 395 g/mol. The maximum atomic E-state index is 13.3. The minimum absolute atomic E-state index is 0.0226. The number of alkyl halides is 3. The molecule has 1 rings (SSSR count). The largest absolute Gasteiger partial charge is 0.491 e. The molecule has 0 radical (unpaired) electrons. The van der Waals surface area contributed by atoms with Crippen LogP contribution in [0.25, 0.3) is 0 Å². The monoisotopic (exact) mass is 421 g/mol. The van der Waals surface area contributed by atoms with E-state index in [-0.39, 0.29) is 29.7 Å². The average molecular weight is 422 g/mol. The first-order valence-corrected chi connectivity index (χ1v) is 9.54. The highest BCUT2D eigenvalue weighted by Gasteiger charge is 2.36. The molecule has 0 aliphatic heterocycles. The van der Waals surface area contributed by atoms with Gasteiger partial charge in [-0.3, -0.25) is 0 Å². The summed E-state index contributed by atoms with van der Waals surface area (Å²) in [6.07, 6.45) is 1.11. The average Bonchev–Trinajstić information content (AvgIpc) is 2.61. The minimum atomic E-state index is -4.59. The van der Waals surface area contributed by atoms with Gasteiger partial charge >= 0.3 is 6.18 Å². The van der Waals surface area contributed by atoms with Crippen molar-refractivity contribution >= 4 is 17.3 Å². The quantitative estimate of drug-likeness (QED) is 0.155. The summed E-state index contributed by atoms with van der Waals surface area (Å²) in [5.41, 5.74) is -0.0719. The van der Waals surface area contributed by atoms with E-state index in [1.54, 1.807) is 0 Å². The van der Waals surface area contributed by atoms with Crippen LogP contribution in [0.4, 0.5) is 13.2 Å². The predicted molar refractivity (Wildman–Crippen MR) is 105 cm³/mol. The number of nitrogens with zero attached hydrogens (tertiary/aromatic N) is 1. The van der Waals surface area contributed by atoms with Gasteiger partial charge in [-0.05, 0) is 39.2 Å². The second-order valence-electron chi connectivity index (χ2n) is 6.37. The molecule has 0 bridgehead atoms. The van der Waals surface area contributed by atoms with E-state index < -0.39 is 11.7 Å². The van der Waals surface area contributed by atoms with Crippen LogP contribution < -0.4 is 9.47 Å². The first-order chi connectivity index (χ1) is 13.3. The highest BCUT2D eigenvalue weighted by molar-refractivity contribution is 6.32. The Morgan fingerprint density at radius 3 is 2.32 bits per heavy atom. The Labute approximate surface area is 169 Å². The van der Waals surface area contributed by atoms with Gasteiger partial charge in [0.2, 0.25) is 0 Å². The number of hydrogen-bond donors (Lipinski definition) is 0. The van der Waals surface area contributed by atoms with Gasteiger partial charge in [-0.1, -0.05) is 42.3 Å². The van der Waals surface area contributed by atoms with Crippen LogP contribution in [-0.4, -0.2) is 25.5 Å². The minimum Gasteiger partial charge on any atom is -0.491 e. The van der Waals surface area contributed by atoms with Crippen molar-refractivity contribution in [1.82, 2.24) is 0 Å². The van der Waals surface area contributed by atoms with Crippen molar-refractivity contribution in [2.24, 2.45) is 5.16 Å². The summed E-state index contributed by atoms with van der Waals surface area (Å²) in [6, 6.07) is 2.21. The van der Waals surface area contributed by atoms with E-state index >= 15 is 0 Å². The molecule has 0 aliphatic rings. The Kier molecular flexibility index (Phi) is 10.8. The normalized spacial score (nSPS) is 11.1. The number of halogens is 4. The second kappa shape index (κ2) is 12.5. The molecule has 0 amide bonds. The maximum Gasteiger partial charge on any atom is 0.420 e. The van der Waals surface area contributed by atoms with Gasteiger partial charge in [0.25, 0.3) is 0 Å². The molecule has 0 saturated carbocycles. The first kappa shape index (κ1) is 24.1. The van der Waals surface area contributed by atoms with Crippen molar-refractivity contribution in [1.29, 1.82) is 0 Å². The predicted octanol–water partition coefficient (Wildman–Crippen LogP) is 6.67. The van der Waals surface area contributed by atoms with Crippen molar-refractivity contribution in [2.45, 2.75) is 52.1 Å². The molecule has 0 fully saturated rings. The fourth-order valence-corrected chi connectivity index (χ4v) is 2.58. The maximum absolute atomic E-state index is 13.3. The van der Waals surface area contributed by atoms with Crippen molar-refractivity contribution in [3.63, 3.8) is 0 Å². The first-order valence-electron chi connectivity index (χ1n) is 9.16. The third-order valence-electron chi connectivity index (χ3n) is 3.56. The van der Waals surface area contributed by atoms with E-state index in [1.807, 2.05) is 13.8 Å². The molecule has 8 heteroatoms. The van der Waals surface area contributed by atoms with E-state index in [0.29, 0.717) is 13.0 Å². The van der Waals surface area contributed by atoms with E-state index in [2.05, 4.69) is 11.7 Å².